The van der Waals surface area contributed by atoms with Crippen molar-refractivity contribution in [1.29, 1.82) is 0 Å². The van der Waals surface area contributed by atoms with Crippen LogP contribution in [0.1, 0.15) is 11.1 Å². The molecule has 2 spiro atoms. The second kappa shape index (κ2) is 2.63. The van der Waals surface area contributed by atoms with Crippen molar-refractivity contribution >= 4 is 0 Å². The third-order valence-corrected chi connectivity index (χ3v) is 4.23. The van der Waals surface area contributed by atoms with Crippen LogP contribution < -0.4 is 0 Å². The Kier molecular flexibility index (Phi) is 1.34. The van der Waals surface area contributed by atoms with Crippen molar-refractivity contribution in [2.24, 2.45) is 0 Å². The number of aromatic nitrogens is 2. The molecule has 4 heteroatoms. The zero-order valence-electron chi connectivity index (χ0n) is 9.59. The molecule has 2 fully saturated rings. The van der Waals surface area contributed by atoms with Crippen LogP contribution in [-0.4, -0.2) is 23.2 Å². The monoisotopic (exact) mass is 238 g/mol. The van der Waals surface area contributed by atoms with E-state index in [4.69, 9.17) is 9.47 Å². The molecule has 88 valence electrons. The second-order valence-corrected chi connectivity index (χ2v) is 5.03. The van der Waals surface area contributed by atoms with Crippen LogP contribution in [0.2, 0.25) is 0 Å². The Morgan fingerprint density at radius 2 is 1.28 bits per heavy atom. The summed E-state index contributed by atoms with van der Waals surface area (Å²) in [5.41, 5.74) is 3.49. The number of rotatable bonds is 0. The molecule has 0 aromatic carbocycles. The summed E-state index contributed by atoms with van der Waals surface area (Å²) in [6, 6.07) is 8.06. The van der Waals surface area contributed by atoms with Gasteiger partial charge in [0.2, 0.25) is 0 Å². The van der Waals surface area contributed by atoms with Crippen LogP contribution in [0.5, 0.6) is 0 Å². The fraction of sp³-hybridized carbons (Fsp3) is 0.286. The second-order valence-electron chi connectivity index (χ2n) is 5.03. The highest BCUT2D eigenvalue weighted by molar-refractivity contribution is 5.72. The molecule has 2 saturated heterocycles. The first kappa shape index (κ1) is 9.19. The summed E-state index contributed by atoms with van der Waals surface area (Å²) < 4.78 is 11.6. The standard InChI is InChI=1S/C14H10N2O2/c1-3-9-11(15-5-1)12-10(4-2-6-16-12)14(8-18-14)13(9)7-17-13/h1-6H,7-8H2. The number of ether oxygens (including phenoxy) is 2. The van der Waals surface area contributed by atoms with Gasteiger partial charge in [-0.15, -0.1) is 0 Å². The van der Waals surface area contributed by atoms with Crippen LogP contribution >= 0.6 is 0 Å². The average molecular weight is 238 g/mol. The van der Waals surface area contributed by atoms with Gasteiger partial charge < -0.3 is 9.47 Å². The normalized spacial score (nSPS) is 34.2. The molecule has 2 aromatic rings. The van der Waals surface area contributed by atoms with Crippen LogP contribution in [-0.2, 0) is 20.7 Å². The van der Waals surface area contributed by atoms with Crippen molar-refractivity contribution in [3.63, 3.8) is 0 Å². The van der Waals surface area contributed by atoms with E-state index in [0.717, 1.165) is 22.5 Å². The summed E-state index contributed by atoms with van der Waals surface area (Å²) in [4.78, 5) is 8.98. The Bertz CT molecular complexity index is 615. The molecule has 0 radical (unpaired) electrons. The SMILES string of the molecule is c1cnc2c(c1)C1(CO1)C1(CO1)c1cccnc1-2. The molecule has 18 heavy (non-hydrogen) atoms. The molecule has 3 aliphatic rings. The van der Waals surface area contributed by atoms with E-state index in [1.807, 2.05) is 12.1 Å². The van der Waals surface area contributed by atoms with Crippen LogP contribution in [0.15, 0.2) is 36.7 Å². The van der Waals surface area contributed by atoms with Gasteiger partial charge in [0.1, 0.15) is 0 Å². The first-order chi connectivity index (χ1) is 8.87. The minimum atomic E-state index is -0.313. The molecule has 2 atom stereocenters. The topological polar surface area (TPSA) is 50.8 Å². The summed E-state index contributed by atoms with van der Waals surface area (Å²) >= 11 is 0. The summed E-state index contributed by atoms with van der Waals surface area (Å²) in [5.74, 6) is 0. The van der Waals surface area contributed by atoms with Crippen molar-refractivity contribution in [3.05, 3.63) is 47.8 Å². The van der Waals surface area contributed by atoms with Gasteiger partial charge in [-0.05, 0) is 12.1 Å². The molecule has 0 amide bonds. The lowest BCUT2D eigenvalue weighted by Crippen LogP contribution is -2.34. The fourth-order valence-electron chi connectivity index (χ4n) is 3.20. The van der Waals surface area contributed by atoms with Gasteiger partial charge in [-0.3, -0.25) is 9.97 Å². The molecule has 0 saturated carbocycles. The highest BCUT2D eigenvalue weighted by Crippen LogP contribution is 2.66. The molecule has 2 aliphatic heterocycles. The van der Waals surface area contributed by atoms with Crippen molar-refractivity contribution in [2.45, 2.75) is 11.2 Å². The summed E-state index contributed by atoms with van der Waals surface area (Å²) in [6.45, 7) is 1.42. The maximum Gasteiger partial charge on any atom is 0.154 e. The molecule has 0 N–H and O–H groups in total. The van der Waals surface area contributed by atoms with E-state index >= 15 is 0 Å². The number of epoxide rings is 2. The first-order valence-electron chi connectivity index (χ1n) is 6.07. The number of hydrogen-bond acceptors (Lipinski definition) is 4. The van der Waals surface area contributed by atoms with Crippen LogP contribution in [0.25, 0.3) is 11.4 Å². The lowest BCUT2D eigenvalue weighted by molar-refractivity contribution is 0.152. The molecular weight excluding hydrogens is 228 g/mol. The van der Waals surface area contributed by atoms with Gasteiger partial charge in [-0.2, -0.15) is 0 Å². The number of fused-ring (bicyclic) bond motifs is 6. The van der Waals surface area contributed by atoms with Crippen molar-refractivity contribution < 1.29 is 9.47 Å². The average Bonchev–Trinajstić information content (AvgIpc) is 3.31. The number of pyridine rings is 2. The molecule has 2 aromatic heterocycles. The van der Waals surface area contributed by atoms with Gasteiger partial charge in [-0.25, -0.2) is 0 Å². The molecule has 5 rings (SSSR count). The maximum atomic E-state index is 5.81. The first-order valence-corrected chi connectivity index (χ1v) is 6.07. The van der Waals surface area contributed by atoms with Crippen molar-refractivity contribution in [2.75, 3.05) is 13.2 Å². The van der Waals surface area contributed by atoms with E-state index in [1.54, 1.807) is 12.4 Å². The van der Waals surface area contributed by atoms with Crippen LogP contribution in [0, 0.1) is 0 Å². The summed E-state index contributed by atoms with van der Waals surface area (Å²) in [5, 5.41) is 0. The third kappa shape index (κ3) is 0.815. The predicted octanol–water partition coefficient (Wildman–Crippen LogP) is 1.61. The van der Waals surface area contributed by atoms with Gasteiger partial charge in [-0.1, -0.05) is 12.1 Å². The molecule has 4 nitrogen and oxygen atoms in total. The van der Waals surface area contributed by atoms with Crippen molar-refractivity contribution in [3.8, 4) is 11.4 Å². The Labute approximate surface area is 104 Å². The Balaban J connectivity index is 1.93. The number of nitrogens with zero attached hydrogens (tertiary/aromatic N) is 2. The minimum Gasteiger partial charge on any atom is -0.361 e. The van der Waals surface area contributed by atoms with Crippen LogP contribution in [0.3, 0.4) is 0 Å². The van der Waals surface area contributed by atoms with Gasteiger partial charge in [0.15, 0.2) is 11.2 Å². The highest BCUT2D eigenvalue weighted by Gasteiger charge is 2.74. The minimum absolute atomic E-state index is 0.313. The van der Waals surface area contributed by atoms with Crippen LogP contribution in [0.4, 0.5) is 0 Å². The Hall–Kier alpha value is -1.78. The zero-order chi connectivity index (χ0) is 11.8. The summed E-state index contributed by atoms with van der Waals surface area (Å²) in [7, 11) is 0. The smallest absolute Gasteiger partial charge is 0.154 e. The van der Waals surface area contributed by atoms with Gasteiger partial charge >= 0.3 is 0 Å². The Morgan fingerprint density at radius 1 is 0.833 bits per heavy atom. The fourth-order valence-corrected chi connectivity index (χ4v) is 3.20. The van der Waals surface area contributed by atoms with Crippen molar-refractivity contribution in [1.82, 2.24) is 9.97 Å². The molecule has 0 bridgehead atoms. The quantitative estimate of drug-likeness (QED) is 0.654. The van der Waals surface area contributed by atoms with E-state index in [1.165, 1.54) is 0 Å². The highest BCUT2D eigenvalue weighted by atomic mass is 16.7. The lowest BCUT2D eigenvalue weighted by atomic mass is 9.75. The molecular formula is C14H10N2O2. The maximum absolute atomic E-state index is 5.81. The number of hydrogen-bond donors (Lipinski definition) is 0. The van der Waals surface area contributed by atoms with Gasteiger partial charge in [0.05, 0.1) is 24.6 Å². The van der Waals surface area contributed by atoms with E-state index in [9.17, 15) is 0 Å². The van der Waals surface area contributed by atoms with Gasteiger partial charge in [0, 0.05) is 23.5 Å². The Morgan fingerprint density at radius 3 is 1.67 bits per heavy atom. The van der Waals surface area contributed by atoms with Gasteiger partial charge in [0.25, 0.3) is 0 Å². The predicted molar refractivity (Wildman–Crippen MR) is 62.7 cm³/mol. The van der Waals surface area contributed by atoms with E-state index in [0.29, 0.717) is 13.2 Å². The largest absolute Gasteiger partial charge is 0.361 e. The van der Waals surface area contributed by atoms with E-state index < -0.39 is 0 Å². The van der Waals surface area contributed by atoms with E-state index in [2.05, 4.69) is 22.1 Å². The summed E-state index contributed by atoms with van der Waals surface area (Å²) in [6.07, 6.45) is 3.61. The zero-order valence-corrected chi connectivity index (χ0v) is 9.59. The molecule has 2 unspecified atom stereocenters. The third-order valence-electron chi connectivity index (χ3n) is 4.23. The van der Waals surface area contributed by atoms with E-state index in [-0.39, 0.29) is 11.2 Å². The molecule has 1 aliphatic carbocycles. The lowest BCUT2D eigenvalue weighted by Gasteiger charge is -2.29. The molecule has 4 heterocycles.